The van der Waals surface area contributed by atoms with Crippen molar-refractivity contribution >= 4 is 30.3 Å². The number of carboxylic acid groups (broad SMARTS) is 1. The molecule has 0 aliphatic carbocycles. The summed E-state index contributed by atoms with van der Waals surface area (Å²) in [6.45, 7) is 13.5. The van der Waals surface area contributed by atoms with E-state index in [2.05, 4.69) is 39.0 Å². The molecule has 0 aliphatic heterocycles. The van der Waals surface area contributed by atoms with Crippen molar-refractivity contribution < 1.29 is 33.4 Å². The fraction of sp³-hybridized carbons (Fsp3) is 0.526. The summed E-state index contributed by atoms with van der Waals surface area (Å²) in [5.74, 6) is -1.93. The maximum absolute atomic E-state index is 11.1. The summed E-state index contributed by atoms with van der Waals surface area (Å²) in [6.07, 6.45) is 1.58. The highest BCUT2D eigenvalue weighted by Crippen LogP contribution is 2.06. The number of carboxylic acids is 1. The maximum atomic E-state index is 11.1. The average molecular weight is 407 g/mol. The van der Waals surface area contributed by atoms with Gasteiger partial charge in [0.25, 0.3) is 0 Å². The largest absolute Gasteiger partial charge is 0.478 e. The van der Waals surface area contributed by atoms with E-state index in [0.29, 0.717) is 18.6 Å². The topological polar surface area (TPSA) is 89.9 Å². The lowest BCUT2D eigenvalue weighted by Crippen LogP contribution is -2.38. The van der Waals surface area contributed by atoms with Crippen LogP contribution in [0.5, 0.6) is 0 Å². The standard InChI is InChI=1S/C10H14O4.C9H18NO2.ClH/c1-4-8(9(11)12)6-7(3)10(13)14-5-2;1-8(2)9(11)12-7-6-10(3,4)5;/h6H,3-5H2,1-2H3,(H,11,12);1,6-7H2,2-5H3;1H/q;+1;. The second-order valence-corrected chi connectivity index (χ2v) is 6.50. The molecule has 0 spiro atoms. The van der Waals surface area contributed by atoms with E-state index in [-0.39, 0.29) is 36.1 Å². The Labute approximate surface area is 168 Å². The molecule has 7 nitrogen and oxygen atoms in total. The normalized spacial score (nSPS) is 10.5. The Balaban J connectivity index is -0.000000416. The second-order valence-electron chi connectivity index (χ2n) is 6.50. The van der Waals surface area contributed by atoms with Gasteiger partial charge in [-0.05, 0) is 26.3 Å². The first-order valence-corrected chi connectivity index (χ1v) is 8.28. The van der Waals surface area contributed by atoms with Gasteiger partial charge in [0.2, 0.25) is 0 Å². The summed E-state index contributed by atoms with van der Waals surface area (Å²) >= 11 is 0. The molecule has 0 aromatic rings. The highest BCUT2D eigenvalue weighted by atomic mass is 35.5. The summed E-state index contributed by atoms with van der Waals surface area (Å²) in [6, 6.07) is 0. The zero-order valence-corrected chi connectivity index (χ0v) is 18.0. The molecule has 0 heterocycles. The van der Waals surface area contributed by atoms with Crippen molar-refractivity contribution in [1.29, 1.82) is 0 Å². The van der Waals surface area contributed by atoms with Crippen LogP contribution in [-0.4, -0.2) is 68.4 Å². The number of hydrogen-bond acceptors (Lipinski definition) is 5. The number of hydrogen-bond donors (Lipinski definition) is 1. The summed E-state index contributed by atoms with van der Waals surface area (Å²) in [5, 5.41) is 8.67. The van der Waals surface area contributed by atoms with Gasteiger partial charge in [0, 0.05) is 11.1 Å². The highest BCUT2D eigenvalue weighted by Gasteiger charge is 2.10. The van der Waals surface area contributed by atoms with Gasteiger partial charge in [-0.1, -0.05) is 20.1 Å². The number of halogens is 1. The van der Waals surface area contributed by atoms with E-state index in [1.54, 1.807) is 20.8 Å². The summed E-state index contributed by atoms with van der Waals surface area (Å²) < 4.78 is 10.4. The van der Waals surface area contributed by atoms with Crippen LogP contribution in [0.2, 0.25) is 0 Å². The van der Waals surface area contributed by atoms with Crippen molar-refractivity contribution in [2.24, 2.45) is 0 Å². The number of likely N-dealkylation sites (N-methyl/N-ethyl adjacent to an activating group) is 1. The van der Waals surface area contributed by atoms with Crippen molar-refractivity contribution in [2.45, 2.75) is 27.2 Å². The molecule has 0 fully saturated rings. The van der Waals surface area contributed by atoms with Gasteiger partial charge in [-0.25, -0.2) is 14.4 Å². The molecule has 0 aromatic heterocycles. The number of esters is 2. The van der Waals surface area contributed by atoms with Gasteiger partial charge < -0.3 is 19.1 Å². The zero-order chi connectivity index (χ0) is 20.9. The molecule has 0 unspecified atom stereocenters. The Bertz CT molecular complexity index is 561. The van der Waals surface area contributed by atoms with Crippen LogP contribution in [0.4, 0.5) is 0 Å². The molecule has 0 saturated heterocycles. The zero-order valence-electron chi connectivity index (χ0n) is 17.2. The summed E-state index contributed by atoms with van der Waals surface area (Å²) in [5.41, 5.74) is 0.658. The van der Waals surface area contributed by atoms with Gasteiger partial charge in [-0.15, -0.1) is 12.4 Å². The van der Waals surface area contributed by atoms with Gasteiger partial charge in [-0.2, -0.15) is 0 Å². The lowest BCUT2D eigenvalue weighted by Gasteiger charge is -2.23. The predicted octanol–water partition coefficient (Wildman–Crippen LogP) is 2.76. The minimum absolute atomic E-state index is 0. The van der Waals surface area contributed by atoms with E-state index in [9.17, 15) is 14.4 Å². The Morgan fingerprint density at radius 2 is 1.56 bits per heavy atom. The number of carbonyl (C=O) groups excluding carboxylic acids is 2. The fourth-order valence-electron chi connectivity index (χ4n) is 1.34. The van der Waals surface area contributed by atoms with Crippen molar-refractivity contribution in [3.63, 3.8) is 0 Å². The van der Waals surface area contributed by atoms with Crippen LogP contribution < -0.4 is 0 Å². The van der Waals surface area contributed by atoms with Gasteiger partial charge in [0.1, 0.15) is 13.2 Å². The number of rotatable bonds is 9. The van der Waals surface area contributed by atoms with Gasteiger partial charge >= 0.3 is 17.9 Å². The van der Waals surface area contributed by atoms with E-state index < -0.39 is 11.9 Å². The molecule has 0 aromatic carbocycles. The second kappa shape index (κ2) is 15.0. The van der Waals surface area contributed by atoms with E-state index in [1.165, 1.54) is 6.08 Å². The Morgan fingerprint density at radius 1 is 1.04 bits per heavy atom. The lowest BCUT2D eigenvalue weighted by molar-refractivity contribution is -0.870. The molecule has 0 bridgehead atoms. The Hall–Kier alpha value is -2.12. The number of ether oxygens (including phenoxy) is 2. The van der Waals surface area contributed by atoms with E-state index >= 15 is 0 Å². The Kier molecular flexibility index (Phi) is 16.5. The molecule has 0 aliphatic rings. The van der Waals surface area contributed by atoms with Crippen LogP contribution in [0, 0.1) is 0 Å². The Morgan fingerprint density at radius 3 is 1.89 bits per heavy atom. The van der Waals surface area contributed by atoms with Crippen LogP contribution in [0.1, 0.15) is 27.2 Å². The molecular weight excluding hydrogens is 374 g/mol. The van der Waals surface area contributed by atoms with E-state index in [0.717, 1.165) is 11.0 Å². The molecule has 0 amide bonds. The smallest absolute Gasteiger partial charge is 0.337 e. The molecule has 156 valence electrons. The summed E-state index contributed by atoms with van der Waals surface area (Å²) in [7, 11) is 6.15. The van der Waals surface area contributed by atoms with Crippen molar-refractivity contribution in [2.75, 3.05) is 40.9 Å². The quantitative estimate of drug-likeness (QED) is 0.274. The third kappa shape index (κ3) is 17.1. The molecule has 0 saturated carbocycles. The van der Waals surface area contributed by atoms with Gasteiger partial charge in [-0.3, -0.25) is 0 Å². The molecule has 1 N–H and O–H groups in total. The minimum Gasteiger partial charge on any atom is -0.478 e. The minimum atomic E-state index is -1.04. The van der Waals surface area contributed by atoms with Crippen molar-refractivity contribution in [3.8, 4) is 0 Å². The third-order valence-electron chi connectivity index (χ3n) is 2.89. The van der Waals surface area contributed by atoms with E-state index in [1.807, 2.05) is 0 Å². The maximum Gasteiger partial charge on any atom is 0.337 e. The average Bonchev–Trinajstić information content (AvgIpc) is 2.51. The van der Waals surface area contributed by atoms with Crippen molar-refractivity contribution in [3.05, 3.63) is 36.0 Å². The first-order valence-electron chi connectivity index (χ1n) is 8.28. The highest BCUT2D eigenvalue weighted by molar-refractivity contribution is 5.95. The monoisotopic (exact) mass is 406 g/mol. The SMILES string of the molecule is C=C(C)C(=O)OCC[N+](C)(C)C.C=C(C=C(CC)C(=O)O)C(=O)OCC.Cl. The first kappa shape index (κ1) is 29.6. The van der Waals surface area contributed by atoms with Gasteiger partial charge in [0.05, 0.1) is 33.3 Å². The van der Waals surface area contributed by atoms with Crippen LogP contribution in [0.3, 0.4) is 0 Å². The number of aliphatic carboxylic acids is 1. The van der Waals surface area contributed by atoms with Gasteiger partial charge in [0.15, 0.2) is 0 Å². The van der Waals surface area contributed by atoms with Crippen LogP contribution in [0.15, 0.2) is 36.0 Å². The molecule has 8 heteroatoms. The number of carbonyl (C=O) groups is 3. The van der Waals surface area contributed by atoms with Crippen LogP contribution >= 0.6 is 12.4 Å². The molecule has 0 radical (unpaired) electrons. The fourth-order valence-corrected chi connectivity index (χ4v) is 1.34. The van der Waals surface area contributed by atoms with E-state index in [4.69, 9.17) is 9.84 Å². The third-order valence-corrected chi connectivity index (χ3v) is 2.89. The van der Waals surface area contributed by atoms with Crippen LogP contribution in [0.25, 0.3) is 0 Å². The number of quaternary nitrogens is 1. The summed E-state index contributed by atoms with van der Waals surface area (Å²) in [4.78, 5) is 32.5. The number of nitrogens with zero attached hydrogens (tertiary/aromatic N) is 1. The molecule has 0 atom stereocenters. The molecule has 0 rings (SSSR count). The lowest BCUT2D eigenvalue weighted by atomic mass is 10.1. The first-order chi connectivity index (χ1) is 11.9. The molecular formula is C19H33ClNO6+. The predicted molar refractivity (Wildman–Crippen MR) is 108 cm³/mol. The van der Waals surface area contributed by atoms with Crippen LogP contribution in [-0.2, 0) is 23.9 Å². The van der Waals surface area contributed by atoms with Crippen molar-refractivity contribution in [1.82, 2.24) is 0 Å². The molecule has 27 heavy (non-hydrogen) atoms.